The molecular formula is C13H18ClNO. The van der Waals surface area contributed by atoms with Gasteiger partial charge in [-0.1, -0.05) is 18.5 Å². The molecule has 0 aromatic heterocycles. The smallest absolute Gasteiger partial charge is 0.127 e. The highest BCUT2D eigenvalue weighted by Gasteiger charge is 2.17. The minimum Gasteiger partial charge on any atom is -0.493 e. The average Bonchev–Trinajstić information content (AvgIpc) is 2.73. The fraction of sp³-hybridized carbons (Fsp3) is 0.538. The summed E-state index contributed by atoms with van der Waals surface area (Å²) in [5, 5.41) is 4.28. The standard InChI is InChI=1S/C13H18ClNO/c1-3-9(2)15-8-11-7-12(14)6-10-4-5-16-13(10)11/h6-7,9,15H,3-5,8H2,1-2H3. The predicted octanol–water partition coefficient (Wildman–Crippen LogP) is 3.16. The van der Waals surface area contributed by atoms with Gasteiger partial charge in [0.05, 0.1) is 6.61 Å². The van der Waals surface area contributed by atoms with Gasteiger partial charge in [-0.25, -0.2) is 0 Å². The molecule has 1 aliphatic heterocycles. The Morgan fingerprint density at radius 1 is 1.50 bits per heavy atom. The molecule has 0 spiro atoms. The van der Waals surface area contributed by atoms with Crippen molar-refractivity contribution < 1.29 is 4.74 Å². The summed E-state index contributed by atoms with van der Waals surface area (Å²) in [7, 11) is 0. The summed E-state index contributed by atoms with van der Waals surface area (Å²) in [5.74, 6) is 1.04. The summed E-state index contributed by atoms with van der Waals surface area (Å²) < 4.78 is 5.65. The maximum Gasteiger partial charge on any atom is 0.127 e. The molecule has 1 unspecified atom stereocenters. The quantitative estimate of drug-likeness (QED) is 0.872. The van der Waals surface area contributed by atoms with E-state index in [1.165, 1.54) is 11.1 Å². The second-order valence-electron chi connectivity index (χ2n) is 4.34. The van der Waals surface area contributed by atoms with Gasteiger partial charge in [0.15, 0.2) is 0 Å². The summed E-state index contributed by atoms with van der Waals surface area (Å²) in [6.07, 6.45) is 2.11. The molecule has 0 radical (unpaired) electrons. The monoisotopic (exact) mass is 239 g/mol. The normalized spacial score (nSPS) is 15.7. The third-order valence-corrected chi connectivity index (χ3v) is 3.30. The SMILES string of the molecule is CCC(C)NCc1cc(Cl)cc2c1OCC2. The summed E-state index contributed by atoms with van der Waals surface area (Å²) in [5.41, 5.74) is 2.42. The first-order valence-corrected chi connectivity index (χ1v) is 6.26. The molecule has 1 aliphatic rings. The van der Waals surface area contributed by atoms with Crippen LogP contribution in [-0.4, -0.2) is 12.6 Å². The first kappa shape index (κ1) is 11.7. The van der Waals surface area contributed by atoms with E-state index in [1.54, 1.807) is 0 Å². The van der Waals surface area contributed by atoms with Gasteiger partial charge in [-0.15, -0.1) is 0 Å². The number of rotatable bonds is 4. The molecule has 1 aromatic carbocycles. The lowest BCUT2D eigenvalue weighted by Crippen LogP contribution is -2.24. The molecule has 3 heteroatoms. The number of fused-ring (bicyclic) bond motifs is 1. The second kappa shape index (κ2) is 5.07. The molecule has 16 heavy (non-hydrogen) atoms. The van der Waals surface area contributed by atoms with Gasteiger partial charge >= 0.3 is 0 Å². The van der Waals surface area contributed by atoms with Crippen molar-refractivity contribution in [2.75, 3.05) is 6.61 Å². The minimum atomic E-state index is 0.524. The molecule has 1 N–H and O–H groups in total. The van der Waals surface area contributed by atoms with Crippen LogP contribution in [0.25, 0.3) is 0 Å². The molecule has 0 saturated heterocycles. The van der Waals surface area contributed by atoms with Crippen molar-refractivity contribution in [3.8, 4) is 5.75 Å². The molecule has 2 rings (SSSR count). The predicted molar refractivity (Wildman–Crippen MR) is 67.2 cm³/mol. The first-order chi connectivity index (χ1) is 7.70. The third-order valence-electron chi connectivity index (χ3n) is 3.08. The van der Waals surface area contributed by atoms with E-state index in [1.807, 2.05) is 12.1 Å². The Balaban J connectivity index is 2.14. The van der Waals surface area contributed by atoms with Crippen molar-refractivity contribution >= 4 is 11.6 Å². The average molecular weight is 240 g/mol. The molecule has 1 atom stereocenters. The van der Waals surface area contributed by atoms with Crippen LogP contribution >= 0.6 is 11.6 Å². The fourth-order valence-corrected chi connectivity index (χ4v) is 2.17. The summed E-state index contributed by atoms with van der Waals surface area (Å²) in [6, 6.07) is 4.54. The highest BCUT2D eigenvalue weighted by atomic mass is 35.5. The van der Waals surface area contributed by atoms with Crippen LogP contribution in [0.1, 0.15) is 31.4 Å². The van der Waals surface area contributed by atoms with Gasteiger partial charge < -0.3 is 10.1 Å². The van der Waals surface area contributed by atoms with Gasteiger partial charge in [0, 0.05) is 29.6 Å². The number of hydrogen-bond donors (Lipinski definition) is 1. The van der Waals surface area contributed by atoms with Gasteiger partial charge in [0.2, 0.25) is 0 Å². The fourth-order valence-electron chi connectivity index (χ4n) is 1.91. The zero-order valence-corrected chi connectivity index (χ0v) is 10.6. The second-order valence-corrected chi connectivity index (χ2v) is 4.78. The molecular weight excluding hydrogens is 222 g/mol. The van der Waals surface area contributed by atoms with Gasteiger partial charge in [-0.2, -0.15) is 0 Å². The van der Waals surface area contributed by atoms with Crippen LogP contribution in [0.4, 0.5) is 0 Å². The molecule has 0 saturated carbocycles. The summed E-state index contributed by atoms with van der Waals surface area (Å²) in [6.45, 7) is 5.98. The molecule has 0 aliphatic carbocycles. The van der Waals surface area contributed by atoms with E-state index in [9.17, 15) is 0 Å². The molecule has 0 bridgehead atoms. The zero-order chi connectivity index (χ0) is 11.5. The first-order valence-electron chi connectivity index (χ1n) is 5.88. The Bertz CT molecular complexity index is 378. The maximum atomic E-state index is 6.09. The number of nitrogens with one attached hydrogen (secondary N) is 1. The van der Waals surface area contributed by atoms with Crippen molar-refractivity contribution in [1.82, 2.24) is 5.32 Å². The molecule has 2 nitrogen and oxygen atoms in total. The molecule has 1 aromatic rings. The van der Waals surface area contributed by atoms with Crippen LogP contribution in [0.3, 0.4) is 0 Å². The van der Waals surface area contributed by atoms with E-state index in [-0.39, 0.29) is 0 Å². The Kier molecular flexibility index (Phi) is 3.72. The lowest BCUT2D eigenvalue weighted by molar-refractivity contribution is 0.351. The van der Waals surface area contributed by atoms with Gasteiger partial charge in [-0.05, 0) is 31.0 Å². The lowest BCUT2D eigenvalue weighted by Gasteiger charge is -2.14. The minimum absolute atomic E-state index is 0.524. The Hall–Kier alpha value is -0.730. The Labute approximate surface area is 102 Å². The molecule has 0 fully saturated rings. The molecule has 1 heterocycles. The third kappa shape index (κ3) is 2.50. The van der Waals surface area contributed by atoms with Crippen LogP contribution in [-0.2, 0) is 13.0 Å². The number of benzene rings is 1. The molecule has 0 amide bonds. The van der Waals surface area contributed by atoms with Crippen LogP contribution in [0, 0.1) is 0 Å². The van der Waals surface area contributed by atoms with E-state index < -0.39 is 0 Å². The number of ether oxygens (including phenoxy) is 1. The van der Waals surface area contributed by atoms with E-state index in [2.05, 4.69) is 19.2 Å². The molecule has 88 valence electrons. The lowest BCUT2D eigenvalue weighted by atomic mass is 10.1. The van der Waals surface area contributed by atoms with Crippen LogP contribution in [0.15, 0.2) is 12.1 Å². The largest absolute Gasteiger partial charge is 0.493 e. The highest BCUT2D eigenvalue weighted by Crippen LogP contribution is 2.32. The summed E-state index contributed by atoms with van der Waals surface area (Å²) in [4.78, 5) is 0. The van der Waals surface area contributed by atoms with Gasteiger partial charge in [0.25, 0.3) is 0 Å². The van der Waals surface area contributed by atoms with E-state index in [0.29, 0.717) is 6.04 Å². The van der Waals surface area contributed by atoms with E-state index in [4.69, 9.17) is 16.3 Å². The van der Waals surface area contributed by atoms with Crippen LogP contribution in [0.2, 0.25) is 5.02 Å². The van der Waals surface area contributed by atoms with E-state index in [0.717, 1.165) is 36.8 Å². The summed E-state index contributed by atoms with van der Waals surface area (Å²) >= 11 is 6.09. The number of halogens is 1. The highest BCUT2D eigenvalue weighted by molar-refractivity contribution is 6.30. The van der Waals surface area contributed by atoms with Crippen molar-refractivity contribution in [3.63, 3.8) is 0 Å². The van der Waals surface area contributed by atoms with E-state index >= 15 is 0 Å². The number of hydrogen-bond acceptors (Lipinski definition) is 2. The van der Waals surface area contributed by atoms with Gasteiger partial charge in [0.1, 0.15) is 5.75 Å². The van der Waals surface area contributed by atoms with Crippen molar-refractivity contribution in [2.45, 2.75) is 39.3 Å². The van der Waals surface area contributed by atoms with Gasteiger partial charge in [-0.3, -0.25) is 0 Å². The Morgan fingerprint density at radius 3 is 3.06 bits per heavy atom. The Morgan fingerprint density at radius 2 is 2.31 bits per heavy atom. The van der Waals surface area contributed by atoms with Crippen LogP contribution in [0.5, 0.6) is 5.75 Å². The van der Waals surface area contributed by atoms with Crippen molar-refractivity contribution in [1.29, 1.82) is 0 Å². The topological polar surface area (TPSA) is 21.3 Å². The zero-order valence-electron chi connectivity index (χ0n) is 9.85. The van der Waals surface area contributed by atoms with Crippen LogP contribution < -0.4 is 10.1 Å². The maximum absolute atomic E-state index is 6.09. The van der Waals surface area contributed by atoms with Crippen molar-refractivity contribution in [2.24, 2.45) is 0 Å². The van der Waals surface area contributed by atoms with Crippen molar-refractivity contribution in [3.05, 3.63) is 28.3 Å².